The van der Waals surface area contributed by atoms with Crippen LogP contribution in [-0.2, 0) is 16.0 Å². The lowest BCUT2D eigenvalue weighted by molar-refractivity contribution is -0.128. The highest BCUT2D eigenvalue weighted by molar-refractivity contribution is 7.09. The van der Waals surface area contributed by atoms with Crippen molar-refractivity contribution in [3.8, 4) is 0 Å². The van der Waals surface area contributed by atoms with Crippen molar-refractivity contribution in [3.63, 3.8) is 0 Å². The first-order valence-corrected chi connectivity index (χ1v) is 8.58. The SMILES string of the molecule is Cc1nc(CC(=O)NC2CCCN(c3ccccc3)C2=O)cs1. The number of para-hydroxylation sites is 1. The molecule has 0 saturated carbocycles. The van der Waals surface area contributed by atoms with Crippen molar-refractivity contribution in [2.45, 2.75) is 32.2 Å². The zero-order chi connectivity index (χ0) is 16.2. The van der Waals surface area contributed by atoms with Gasteiger partial charge in [0.2, 0.25) is 11.8 Å². The Morgan fingerprint density at radius 2 is 2.17 bits per heavy atom. The van der Waals surface area contributed by atoms with E-state index in [1.807, 2.05) is 42.6 Å². The number of nitrogens with zero attached hydrogens (tertiary/aromatic N) is 2. The number of nitrogens with one attached hydrogen (secondary N) is 1. The molecule has 0 aliphatic carbocycles. The third-order valence-corrected chi connectivity index (χ3v) is 4.67. The van der Waals surface area contributed by atoms with Gasteiger partial charge in [-0.1, -0.05) is 18.2 Å². The number of hydrogen-bond acceptors (Lipinski definition) is 4. The van der Waals surface area contributed by atoms with E-state index < -0.39 is 6.04 Å². The fraction of sp³-hybridized carbons (Fsp3) is 0.353. The van der Waals surface area contributed by atoms with Crippen LogP contribution in [-0.4, -0.2) is 29.4 Å². The summed E-state index contributed by atoms with van der Waals surface area (Å²) in [5, 5.41) is 5.68. The van der Waals surface area contributed by atoms with Crippen LogP contribution in [0.25, 0.3) is 0 Å². The lowest BCUT2D eigenvalue weighted by atomic mass is 10.0. The molecule has 120 valence electrons. The molecule has 1 aliphatic rings. The molecule has 1 atom stereocenters. The van der Waals surface area contributed by atoms with Crippen molar-refractivity contribution in [2.75, 3.05) is 11.4 Å². The maximum Gasteiger partial charge on any atom is 0.249 e. The molecule has 1 unspecified atom stereocenters. The summed E-state index contributed by atoms with van der Waals surface area (Å²) in [4.78, 5) is 30.8. The monoisotopic (exact) mass is 329 g/mol. The lowest BCUT2D eigenvalue weighted by Gasteiger charge is -2.32. The van der Waals surface area contributed by atoms with E-state index in [1.54, 1.807) is 4.90 Å². The van der Waals surface area contributed by atoms with Crippen LogP contribution in [0.1, 0.15) is 23.5 Å². The van der Waals surface area contributed by atoms with Crippen molar-refractivity contribution in [2.24, 2.45) is 0 Å². The van der Waals surface area contributed by atoms with E-state index in [-0.39, 0.29) is 18.2 Å². The van der Waals surface area contributed by atoms with Crippen molar-refractivity contribution in [1.29, 1.82) is 0 Å². The van der Waals surface area contributed by atoms with E-state index in [1.165, 1.54) is 11.3 Å². The van der Waals surface area contributed by atoms with Gasteiger partial charge in [0.15, 0.2) is 0 Å². The zero-order valence-electron chi connectivity index (χ0n) is 13.0. The van der Waals surface area contributed by atoms with Gasteiger partial charge in [-0.05, 0) is 31.9 Å². The first kappa shape index (κ1) is 15.7. The number of amides is 2. The summed E-state index contributed by atoms with van der Waals surface area (Å²) >= 11 is 1.52. The van der Waals surface area contributed by atoms with Crippen LogP contribution in [0, 0.1) is 6.92 Å². The molecule has 2 amide bonds. The van der Waals surface area contributed by atoms with Crippen LogP contribution < -0.4 is 10.2 Å². The Labute approximate surface area is 139 Å². The van der Waals surface area contributed by atoms with Crippen LogP contribution in [0.2, 0.25) is 0 Å². The first-order valence-electron chi connectivity index (χ1n) is 7.70. The summed E-state index contributed by atoms with van der Waals surface area (Å²) in [7, 11) is 0. The second kappa shape index (κ2) is 6.91. The van der Waals surface area contributed by atoms with E-state index in [0.29, 0.717) is 13.0 Å². The molecular formula is C17H19N3O2S. The molecule has 2 aromatic rings. The van der Waals surface area contributed by atoms with Crippen molar-refractivity contribution >= 4 is 28.8 Å². The molecule has 6 heteroatoms. The third kappa shape index (κ3) is 3.76. The molecule has 5 nitrogen and oxygen atoms in total. The lowest BCUT2D eigenvalue weighted by Crippen LogP contribution is -2.52. The number of thiazole rings is 1. The summed E-state index contributed by atoms with van der Waals surface area (Å²) in [5.74, 6) is -0.186. The molecule has 1 aliphatic heterocycles. The first-order chi connectivity index (χ1) is 11.1. The van der Waals surface area contributed by atoms with Gasteiger partial charge in [-0.3, -0.25) is 9.59 Å². The molecule has 0 bridgehead atoms. The standard InChI is InChI=1S/C17H19N3O2S/c1-12-18-13(11-23-12)10-16(21)19-15-8-5-9-20(17(15)22)14-6-3-2-4-7-14/h2-4,6-7,11,15H,5,8-10H2,1H3,(H,19,21). The number of benzene rings is 1. The summed E-state index contributed by atoms with van der Waals surface area (Å²) in [6, 6.07) is 9.13. The molecule has 3 rings (SSSR count). The van der Waals surface area contributed by atoms with Crippen molar-refractivity contribution in [3.05, 3.63) is 46.4 Å². The molecule has 23 heavy (non-hydrogen) atoms. The average molecular weight is 329 g/mol. The van der Waals surface area contributed by atoms with Gasteiger partial charge in [0.05, 0.1) is 17.1 Å². The van der Waals surface area contributed by atoms with Crippen LogP contribution in [0.4, 0.5) is 5.69 Å². The Bertz CT molecular complexity index is 699. The number of hydrogen-bond donors (Lipinski definition) is 1. The molecule has 1 fully saturated rings. The molecule has 0 spiro atoms. The maximum atomic E-state index is 12.6. The molecule has 1 aromatic heterocycles. The fourth-order valence-corrected chi connectivity index (χ4v) is 3.39. The second-order valence-electron chi connectivity index (χ2n) is 5.62. The number of rotatable bonds is 4. The van der Waals surface area contributed by atoms with E-state index in [9.17, 15) is 9.59 Å². The third-order valence-electron chi connectivity index (χ3n) is 3.85. The number of aryl methyl sites for hydroxylation is 1. The Morgan fingerprint density at radius 3 is 2.87 bits per heavy atom. The largest absolute Gasteiger partial charge is 0.344 e. The summed E-state index contributed by atoms with van der Waals surface area (Å²) < 4.78 is 0. The molecule has 1 saturated heterocycles. The molecule has 0 radical (unpaired) electrons. The van der Waals surface area contributed by atoms with Crippen LogP contribution >= 0.6 is 11.3 Å². The van der Waals surface area contributed by atoms with E-state index in [2.05, 4.69) is 10.3 Å². The highest BCUT2D eigenvalue weighted by Gasteiger charge is 2.30. The van der Waals surface area contributed by atoms with E-state index in [0.717, 1.165) is 22.8 Å². The number of aromatic nitrogens is 1. The maximum absolute atomic E-state index is 12.6. The van der Waals surface area contributed by atoms with Gasteiger partial charge in [-0.15, -0.1) is 11.3 Å². The highest BCUT2D eigenvalue weighted by Crippen LogP contribution is 2.20. The minimum Gasteiger partial charge on any atom is -0.344 e. The number of carbonyl (C=O) groups excluding carboxylic acids is 2. The van der Waals surface area contributed by atoms with Gasteiger partial charge in [0.25, 0.3) is 0 Å². The van der Waals surface area contributed by atoms with Gasteiger partial charge in [-0.2, -0.15) is 0 Å². The van der Waals surface area contributed by atoms with Gasteiger partial charge in [-0.25, -0.2) is 4.98 Å². The highest BCUT2D eigenvalue weighted by atomic mass is 32.1. The number of piperidine rings is 1. The van der Waals surface area contributed by atoms with E-state index >= 15 is 0 Å². The average Bonchev–Trinajstić information content (AvgIpc) is 2.95. The molecular weight excluding hydrogens is 310 g/mol. The Morgan fingerprint density at radius 1 is 1.39 bits per heavy atom. The Balaban J connectivity index is 1.63. The number of anilines is 1. The zero-order valence-corrected chi connectivity index (χ0v) is 13.8. The van der Waals surface area contributed by atoms with Crippen molar-refractivity contribution < 1.29 is 9.59 Å². The van der Waals surface area contributed by atoms with Crippen molar-refractivity contribution in [1.82, 2.24) is 10.3 Å². The van der Waals surface area contributed by atoms with Crippen LogP contribution in [0.3, 0.4) is 0 Å². The van der Waals surface area contributed by atoms with Gasteiger partial charge >= 0.3 is 0 Å². The smallest absolute Gasteiger partial charge is 0.249 e. The summed E-state index contributed by atoms with van der Waals surface area (Å²) in [6.07, 6.45) is 1.78. The Hall–Kier alpha value is -2.21. The van der Waals surface area contributed by atoms with Crippen LogP contribution in [0.15, 0.2) is 35.7 Å². The topological polar surface area (TPSA) is 62.3 Å². The van der Waals surface area contributed by atoms with Crippen LogP contribution in [0.5, 0.6) is 0 Å². The predicted molar refractivity (Wildman–Crippen MR) is 90.5 cm³/mol. The van der Waals surface area contributed by atoms with Gasteiger partial charge in [0, 0.05) is 17.6 Å². The minimum atomic E-state index is -0.448. The second-order valence-corrected chi connectivity index (χ2v) is 6.68. The normalized spacial score (nSPS) is 18.0. The quantitative estimate of drug-likeness (QED) is 0.936. The molecule has 1 N–H and O–H groups in total. The summed E-state index contributed by atoms with van der Waals surface area (Å²) in [5.41, 5.74) is 1.64. The van der Waals surface area contributed by atoms with Gasteiger partial charge < -0.3 is 10.2 Å². The predicted octanol–water partition coefficient (Wildman–Crippen LogP) is 2.31. The summed E-state index contributed by atoms with van der Waals surface area (Å²) in [6.45, 7) is 2.61. The molecule has 1 aromatic carbocycles. The minimum absolute atomic E-state index is 0.0368. The molecule has 2 heterocycles. The van der Waals surface area contributed by atoms with Gasteiger partial charge in [0.1, 0.15) is 6.04 Å². The number of carbonyl (C=O) groups is 2. The Kier molecular flexibility index (Phi) is 4.71. The van der Waals surface area contributed by atoms with E-state index in [4.69, 9.17) is 0 Å². The fourth-order valence-electron chi connectivity index (χ4n) is 2.77.